The molecular weight excluding hydrogens is 268 g/mol. The van der Waals surface area contributed by atoms with Crippen LogP contribution >= 0.6 is 0 Å². The van der Waals surface area contributed by atoms with Gasteiger partial charge in [-0.2, -0.15) is 0 Å². The Morgan fingerprint density at radius 2 is 1.90 bits per heavy atom. The van der Waals surface area contributed by atoms with Crippen molar-refractivity contribution in [3.63, 3.8) is 0 Å². The van der Waals surface area contributed by atoms with Crippen molar-refractivity contribution in [1.29, 1.82) is 0 Å². The van der Waals surface area contributed by atoms with Crippen molar-refractivity contribution in [3.8, 4) is 0 Å². The van der Waals surface area contributed by atoms with E-state index in [1.54, 1.807) is 14.1 Å². The summed E-state index contributed by atoms with van der Waals surface area (Å²) in [5, 5.41) is 12.8. The molecule has 0 spiro atoms. The summed E-state index contributed by atoms with van der Waals surface area (Å²) in [6.07, 6.45) is 0.461. The topological polar surface area (TPSA) is 69.6 Å². The molecule has 1 rings (SSSR count). The molecule has 2 amide bonds. The Morgan fingerprint density at radius 3 is 2.52 bits per heavy atom. The molecular formula is C16H24N2O3. The highest BCUT2D eigenvalue weighted by molar-refractivity contribution is 5.78. The molecule has 1 unspecified atom stereocenters. The zero-order chi connectivity index (χ0) is 15.8. The summed E-state index contributed by atoms with van der Waals surface area (Å²) in [6, 6.07) is 7.54. The maximum Gasteiger partial charge on any atom is 0.222 e. The molecule has 21 heavy (non-hydrogen) atoms. The number of carbonyl (C=O) groups is 2. The first-order valence-corrected chi connectivity index (χ1v) is 7.12. The number of nitrogens with one attached hydrogen (secondary N) is 1. The summed E-state index contributed by atoms with van der Waals surface area (Å²) in [5.74, 6) is -0.128. The molecule has 0 fully saturated rings. The number of carbonyl (C=O) groups excluding carboxylic acids is 2. The van der Waals surface area contributed by atoms with Crippen molar-refractivity contribution >= 4 is 11.8 Å². The molecule has 0 saturated heterocycles. The highest BCUT2D eigenvalue weighted by Gasteiger charge is 2.12. The van der Waals surface area contributed by atoms with Gasteiger partial charge in [-0.25, -0.2) is 0 Å². The molecule has 0 aliphatic heterocycles. The lowest BCUT2D eigenvalue weighted by atomic mass is 10.0. The zero-order valence-corrected chi connectivity index (χ0v) is 12.9. The van der Waals surface area contributed by atoms with Crippen molar-refractivity contribution in [3.05, 3.63) is 35.4 Å². The maximum atomic E-state index is 11.7. The number of nitrogens with zero attached hydrogens (tertiary/aromatic N) is 1. The number of benzene rings is 1. The van der Waals surface area contributed by atoms with Gasteiger partial charge in [0.2, 0.25) is 11.8 Å². The van der Waals surface area contributed by atoms with E-state index in [0.29, 0.717) is 19.3 Å². The van der Waals surface area contributed by atoms with Gasteiger partial charge in [-0.15, -0.1) is 0 Å². The number of aryl methyl sites for hydroxylation is 1. The van der Waals surface area contributed by atoms with Gasteiger partial charge in [0.25, 0.3) is 0 Å². The lowest BCUT2D eigenvalue weighted by Crippen LogP contribution is -2.29. The van der Waals surface area contributed by atoms with Crippen molar-refractivity contribution in [1.82, 2.24) is 10.2 Å². The van der Waals surface area contributed by atoms with Gasteiger partial charge in [-0.1, -0.05) is 24.3 Å². The van der Waals surface area contributed by atoms with E-state index < -0.39 is 6.10 Å². The highest BCUT2D eigenvalue weighted by Crippen LogP contribution is 2.16. The van der Waals surface area contributed by atoms with Gasteiger partial charge >= 0.3 is 0 Å². The van der Waals surface area contributed by atoms with Crippen molar-refractivity contribution in [2.75, 3.05) is 20.6 Å². The first-order chi connectivity index (χ1) is 9.91. The van der Waals surface area contributed by atoms with E-state index in [0.717, 1.165) is 11.1 Å². The Hall–Kier alpha value is -1.88. The van der Waals surface area contributed by atoms with Crippen LogP contribution in [0.5, 0.6) is 0 Å². The van der Waals surface area contributed by atoms with Crippen LogP contribution in [0.1, 0.15) is 36.5 Å². The minimum Gasteiger partial charge on any atom is -0.387 e. The Morgan fingerprint density at radius 1 is 1.24 bits per heavy atom. The van der Waals surface area contributed by atoms with Gasteiger partial charge in [0, 0.05) is 33.5 Å². The minimum absolute atomic E-state index is 0.0164. The largest absolute Gasteiger partial charge is 0.387 e. The smallest absolute Gasteiger partial charge is 0.222 e. The maximum absolute atomic E-state index is 11.7. The fourth-order valence-electron chi connectivity index (χ4n) is 1.99. The first-order valence-electron chi connectivity index (χ1n) is 7.12. The molecule has 1 aromatic rings. The molecule has 0 bridgehead atoms. The van der Waals surface area contributed by atoms with Crippen LogP contribution < -0.4 is 5.32 Å². The summed E-state index contributed by atoms with van der Waals surface area (Å²) in [7, 11) is 3.39. The summed E-state index contributed by atoms with van der Waals surface area (Å²) in [5.41, 5.74) is 1.82. The van der Waals surface area contributed by atoms with E-state index in [2.05, 4.69) is 5.32 Å². The Labute approximate surface area is 126 Å². The average Bonchev–Trinajstić information content (AvgIpc) is 2.45. The molecule has 5 nitrogen and oxygen atoms in total. The number of hydrogen-bond donors (Lipinski definition) is 2. The zero-order valence-electron chi connectivity index (χ0n) is 12.9. The minimum atomic E-state index is -0.710. The van der Waals surface area contributed by atoms with Gasteiger partial charge < -0.3 is 15.3 Å². The lowest BCUT2D eigenvalue weighted by molar-refractivity contribution is -0.129. The van der Waals surface area contributed by atoms with Crippen LogP contribution in [-0.4, -0.2) is 42.5 Å². The van der Waals surface area contributed by atoms with Crippen LogP contribution in [-0.2, 0) is 9.59 Å². The summed E-state index contributed by atoms with van der Waals surface area (Å²) in [6.45, 7) is 2.11. The monoisotopic (exact) mass is 292 g/mol. The second kappa shape index (κ2) is 8.42. The third kappa shape index (κ3) is 5.95. The van der Waals surface area contributed by atoms with Crippen molar-refractivity contribution in [2.45, 2.75) is 32.3 Å². The molecule has 0 aliphatic rings. The molecule has 2 N–H and O–H groups in total. The van der Waals surface area contributed by atoms with Crippen LogP contribution in [0.2, 0.25) is 0 Å². The quantitative estimate of drug-likeness (QED) is 0.798. The van der Waals surface area contributed by atoms with Crippen LogP contribution in [0.15, 0.2) is 24.3 Å². The van der Waals surface area contributed by atoms with Gasteiger partial charge in [0.15, 0.2) is 0 Å². The molecule has 116 valence electrons. The van der Waals surface area contributed by atoms with Crippen LogP contribution in [0.3, 0.4) is 0 Å². The third-order valence-electron chi connectivity index (χ3n) is 3.33. The summed E-state index contributed by atoms with van der Waals surface area (Å²) in [4.78, 5) is 24.5. The average molecular weight is 292 g/mol. The fourth-order valence-corrected chi connectivity index (χ4v) is 1.99. The van der Waals surface area contributed by atoms with Crippen LogP contribution in [0.25, 0.3) is 0 Å². The molecule has 5 heteroatoms. The Balaban J connectivity index is 2.30. The molecule has 0 aromatic heterocycles. The predicted octanol–water partition coefficient (Wildman–Crippen LogP) is 1.40. The van der Waals surface area contributed by atoms with Gasteiger partial charge in [-0.05, 0) is 24.5 Å². The Bertz CT molecular complexity index is 486. The predicted molar refractivity (Wildman–Crippen MR) is 81.7 cm³/mol. The number of amides is 2. The molecule has 0 saturated carbocycles. The van der Waals surface area contributed by atoms with Gasteiger partial charge in [0.05, 0.1) is 6.10 Å². The molecule has 0 heterocycles. The molecule has 0 aliphatic carbocycles. The lowest BCUT2D eigenvalue weighted by Gasteiger charge is -2.14. The van der Waals surface area contributed by atoms with Crippen molar-refractivity contribution < 1.29 is 14.7 Å². The summed E-state index contributed by atoms with van der Waals surface area (Å²) >= 11 is 0. The van der Waals surface area contributed by atoms with Crippen LogP contribution in [0.4, 0.5) is 0 Å². The number of aliphatic hydroxyl groups is 1. The third-order valence-corrected chi connectivity index (χ3v) is 3.33. The van der Waals surface area contributed by atoms with E-state index in [-0.39, 0.29) is 18.4 Å². The van der Waals surface area contributed by atoms with Gasteiger partial charge in [0.1, 0.15) is 0 Å². The van der Waals surface area contributed by atoms with E-state index in [1.807, 2.05) is 31.2 Å². The standard InChI is InChI=1S/C16H24N2O3/c1-12-7-4-5-8-13(12)14(19)11-17-15(20)9-6-10-16(21)18(2)3/h4-5,7-8,14,19H,6,9-11H2,1-3H3,(H,17,20). The normalized spacial score (nSPS) is 11.8. The second-order valence-electron chi connectivity index (χ2n) is 5.32. The van der Waals surface area contributed by atoms with Gasteiger partial charge in [-0.3, -0.25) is 9.59 Å². The van der Waals surface area contributed by atoms with E-state index >= 15 is 0 Å². The number of hydrogen-bond acceptors (Lipinski definition) is 3. The SMILES string of the molecule is Cc1ccccc1C(O)CNC(=O)CCCC(=O)N(C)C. The fraction of sp³-hybridized carbons (Fsp3) is 0.500. The Kier molecular flexibility index (Phi) is 6.88. The molecule has 0 radical (unpaired) electrons. The van der Waals surface area contributed by atoms with Crippen LogP contribution in [0, 0.1) is 6.92 Å². The van der Waals surface area contributed by atoms with Crippen molar-refractivity contribution in [2.24, 2.45) is 0 Å². The molecule has 1 aromatic carbocycles. The first kappa shape index (κ1) is 17.2. The highest BCUT2D eigenvalue weighted by atomic mass is 16.3. The van der Waals surface area contributed by atoms with E-state index in [1.165, 1.54) is 4.90 Å². The van der Waals surface area contributed by atoms with E-state index in [9.17, 15) is 14.7 Å². The number of rotatable bonds is 7. The van der Waals surface area contributed by atoms with E-state index in [4.69, 9.17) is 0 Å². The number of aliphatic hydroxyl groups excluding tert-OH is 1. The second-order valence-corrected chi connectivity index (χ2v) is 5.32. The molecule has 1 atom stereocenters. The summed E-state index contributed by atoms with van der Waals surface area (Å²) < 4.78 is 0.